The van der Waals surface area contributed by atoms with Crippen molar-refractivity contribution >= 4 is 23.1 Å². The van der Waals surface area contributed by atoms with Gasteiger partial charge in [-0.1, -0.05) is 11.8 Å². The van der Waals surface area contributed by atoms with E-state index in [9.17, 15) is 0 Å². The highest BCUT2D eigenvalue weighted by atomic mass is 32.2. The lowest BCUT2D eigenvalue weighted by Crippen LogP contribution is -2.33. The van der Waals surface area contributed by atoms with Gasteiger partial charge in [0.15, 0.2) is 5.16 Å². The molecule has 142 valence electrons. The van der Waals surface area contributed by atoms with E-state index in [-0.39, 0.29) is 0 Å². The van der Waals surface area contributed by atoms with Gasteiger partial charge in [0.25, 0.3) is 0 Å². The lowest BCUT2D eigenvalue weighted by atomic mass is 9.96. The molecule has 0 unspecified atom stereocenters. The van der Waals surface area contributed by atoms with Crippen LogP contribution in [0.25, 0.3) is 0 Å². The molecule has 2 fully saturated rings. The van der Waals surface area contributed by atoms with Crippen molar-refractivity contribution in [3.05, 3.63) is 27.7 Å². The van der Waals surface area contributed by atoms with E-state index in [1.54, 1.807) is 11.8 Å². The van der Waals surface area contributed by atoms with Gasteiger partial charge in [0.2, 0.25) is 0 Å². The monoisotopic (exact) mass is 392 g/mol. The number of nitrogens with zero attached hydrogens (tertiary/aromatic N) is 4. The molecule has 0 N–H and O–H groups in total. The number of hydrogen-bond acceptors (Lipinski definition) is 6. The fourth-order valence-electron chi connectivity index (χ4n) is 3.89. The van der Waals surface area contributed by atoms with Crippen LogP contribution < -0.4 is 0 Å². The van der Waals surface area contributed by atoms with E-state index in [1.807, 2.05) is 11.3 Å². The van der Waals surface area contributed by atoms with Crippen molar-refractivity contribution in [3.8, 4) is 0 Å². The Morgan fingerprint density at radius 1 is 1.23 bits per heavy atom. The Bertz CT molecular complexity index is 715. The maximum Gasteiger partial charge on any atom is 0.191 e. The predicted octanol–water partition coefficient (Wildman–Crippen LogP) is 3.84. The fraction of sp³-hybridized carbons (Fsp3) is 0.684. The van der Waals surface area contributed by atoms with Gasteiger partial charge in [-0.3, -0.25) is 4.90 Å². The van der Waals surface area contributed by atoms with Crippen molar-refractivity contribution in [2.45, 2.75) is 56.3 Å². The quantitative estimate of drug-likeness (QED) is 0.699. The van der Waals surface area contributed by atoms with Crippen LogP contribution in [0, 0.1) is 6.92 Å². The van der Waals surface area contributed by atoms with E-state index < -0.39 is 0 Å². The Morgan fingerprint density at radius 3 is 2.77 bits per heavy atom. The van der Waals surface area contributed by atoms with Crippen molar-refractivity contribution in [1.29, 1.82) is 0 Å². The summed E-state index contributed by atoms with van der Waals surface area (Å²) < 4.78 is 7.93. The Labute approximate surface area is 164 Å². The van der Waals surface area contributed by atoms with Gasteiger partial charge in [-0.2, -0.15) is 0 Å². The molecule has 2 aliphatic rings. The summed E-state index contributed by atoms with van der Waals surface area (Å²) in [5.41, 5.74) is 0. The van der Waals surface area contributed by atoms with E-state index in [2.05, 4.69) is 45.8 Å². The van der Waals surface area contributed by atoms with Crippen LogP contribution in [-0.2, 0) is 18.3 Å². The highest BCUT2D eigenvalue weighted by Gasteiger charge is 2.26. The molecule has 2 aromatic heterocycles. The zero-order valence-electron chi connectivity index (χ0n) is 15.7. The van der Waals surface area contributed by atoms with Crippen LogP contribution in [0.15, 0.2) is 17.3 Å². The van der Waals surface area contributed by atoms with Crippen LogP contribution in [0.1, 0.15) is 47.2 Å². The topological polar surface area (TPSA) is 43.2 Å². The summed E-state index contributed by atoms with van der Waals surface area (Å²) in [4.78, 5) is 5.46. The highest BCUT2D eigenvalue weighted by Crippen LogP contribution is 2.30. The summed E-state index contributed by atoms with van der Waals surface area (Å²) in [5, 5.41) is 10.0. The Morgan fingerprint density at radius 2 is 2.08 bits per heavy atom. The summed E-state index contributed by atoms with van der Waals surface area (Å²) >= 11 is 3.71. The molecule has 2 aliphatic heterocycles. The molecule has 0 bridgehead atoms. The molecule has 4 rings (SSSR count). The van der Waals surface area contributed by atoms with E-state index in [1.165, 1.54) is 35.4 Å². The van der Waals surface area contributed by atoms with Crippen molar-refractivity contribution in [2.75, 3.05) is 25.4 Å². The largest absolute Gasteiger partial charge is 0.377 e. The molecule has 0 radical (unpaired) electrons. The summed E-state index contributed by atoms with van der Waals surface area (Å²) in [7, 11) is 2.12. The van der Waals surface area contributed by atoms with Crippen molar-refractivity contribution in [2.24, 2.45) is 7.05 Å². The van der Waals surface area contributed by atoms with Crippen molar-refractivity contribution < 1.29 is 4.74 Å². The smallest absolute Gasteiger partial charge is 0.191 e. The lowest BCUT2D eigenvalue weighted by molar-refractivity contribution is 0.129. The molecule has 5 nitrogen and oxygen atoms in total. The van der Waals surface area contributed by atoms with Gasteiger partial charge in [-0.15, -0.1) is 21.5 Å². The number of thioether (sulfide) groups is 1. The second-order valence-electron chi connectivity index (χ2n) is 7.41. The van der Waals surface area contributed by atoms with Gasteiger partial charge in [-0.05, 0) is 57.8 Å². The number of likely N-dealkylation sites (tertiary alicyclic amines) is 1. The van der Waals surface area contributed by atoms with E-state index in [0.29, 0.717) is 12.0 Å². The number of thiophene rings is 1. The SMILES string of the molecule is Cc1ccc(CN2CCC(c3nnc(SC[C@@H]4CCCO4)n3C)CC2)s1. The predicted molar refractivity (Wildman–Crippen MR) is 107 cm³/mol. The first-order valence-electron chi connectivity index (χ1n) is 9.60. The van der Waals surface area contributed by atoms with Crippen molar-refractivity contribution in [3.63, 3.8) is 0 Å². The maximum atomic E-state index is 5.72. The van der Waals surface area contributed by atoms with Gasteiger partial charge in [0, 0.05) is 41.6 Å². The molecule has 2 aromatic rings. The third-order valence-electron chi connectivity index (χ3n) is 5.42. The average Bonchev–Trinajstić information content (AvgIpc) is 3.37. The van der Waals surface area contributed by atoms with E-state index in [4.69, 9.17) is 4.74 Å². The molecule has 0 saturated carbocycles. The molecule has 1 atom stereocenters. The maximum absolute atomic E-state index is 5.72. The Kier molecular flexibility index (Phi) is 5.98. The molecule has 2 saturated heterocycles. The summed E-state index contributed by atoms with van der Waals surface area (Å²) in [6.45, 7) is 6.48. The first kappa shape index (κ1) is 18.5. The number of hydrogen-bond donors (Lipinski definition) is 0. The first-order chi connectivity index (χ1) is 12.7. The van der Waals surface area contributed by atoms with Gasteiger partial charge < -0.3 is 9.30 Å². The third-order valence-corrected chi connectivity index (χ3v) is 7.56. The first-order valence-corrected chi connectivity index (χ1v) is 11.4. The minimum absolute atomic E-state index is 0.393. The van der Waals surface area contributed by atoms with Crippen LogP contribution in [0.4, 0.5) is 0 Å². The number of aromatic nitrogens is 3. The zero-order valence-corrected chi connectivity index (χ0v) is 17.3. The Hall–Kier alpha value is -0.890. The van der Waals surface area contributed by atoms with Gasteiger partial charge in [0.05, 0.1) is 6.10 Å². The molecule has 7 heteroatoms. The van der Waals surface area contributed by atoms with Gasteiger partial charge in [-0.25, -0.2) is 0 Å². The molecule has 0 spiro atoms. The number of aryl methyl sites for hydroxylation is 1. The molecule has 4 heterocycles. The fourth-order valence-corrected chi connectivity index (χ4v) is 5.81. The molecule has 26 heavy (non-hydrogen) atoms. The van der Waals surface area contributed by atoms with E-state index >= 15 is 0 Å². The molecule has 0 aliphatic carbocycles. The normalized spacial score (nSPS) is 22.3. The minimum Gasteiger partial charge on any atom is -0.377 e. The second-order valence-corrected chi connectivity index (χ2v) is 9.77. The lowest BCUT2D eigenvalue weighted by Gasteiger charge is -2.31. The third kappa shape index (κ3) is 4.32. The second kappa shape index (κ2) is 8.42. The molecular formula is C19H28N4OS2. The Balaban J connectivity index is 1.29. The van der Waals surface area contributed by atoms with Gasteiger partial charge in [0.1, 0.15) is 5.82 Å². The summed E-state index contributed by atoms with van der Waals surface area (Å²) in [6, 6.07) is 4.49. The number of piperidine rings is 1. The summed E-state index contributed by atoms with van der Waals surface area (Å²) in [6.07, 6.45) is 5.11. The van der Waals surface area contributed by atoms with E-state index in [0.717, 1.165) is 43.0 Å². The van der Waals surface area contributed by atoms with Crippen LogP contribution in [0.3, 0.4) is 0 Å². The van der Waals surface area contributed by atoms with Crippen LogP contribution >= 0.6 is 23.1 Å². The van der Waals surface area contributed by atoms with Crippen LogP contribution in [0.5, 0.6) is 0 Å². The molecule has 0 aromatic carbocycles. The van der Waals surface area contributed by atoms with Gasteiger partial charge >= 0.3 is 0 Å². The van der Waals surface area contributed by atoms with Crippen LogP contribution in [-0.4, -0.2) is 51.2 Å². The zero-order chi connectivity index (χ0) is 17.9. The molecule has 0 amide bonds. The number of ether oxygens (including phenoxy) is 1. The highest BCUT2D eigenvalue weighted by molar-refractivity contribution is 7.99. The number of rotatable bonds is 6. The minimum atomic E-state index is 0.393. The molecular weight excluding hydrogens is 364 g/mol. The average molecular weight is 393 g/mol. The standard InChI is InChI=1S/C19H28N4OS2/c1-14-5-6-17(26-14)12-23-9-7-15(8-10-23)18-20-21-19(22(18)2)25-13-16-4-3-11-24-16/h5-6,15-16H,3-4,7-13H2,1-2H3/t16-/m0/s1. The summed E-state index contributed by atoms with van der Waals surface area (Å²) in [5.74, 6) is 2.68. The van der Waals surface area contributed by atoms with Crippen LogP contribution in [0.2, 0.25) is 0 Å². The van der Waals surface area contributed by atoms with Crippen molar-refractivity contribution in [1.82, 2.24) is 19.7 Å².